The van der Waals surface area contributed by atoms with Crippen molar-refractivity contribution in [3.8, 4) is 0 Å². The first kappa shape index (κ1) is 10.2. The average Bonchev–Trinajstić information content (AvgIpc) is 2.63. The molecule has 0 spiro atoms. The van der Waals surface area contributed by atoms with Gasteiger partial charge in [-0.1, -0.05) is 6.42 Å². The minimum Gasteiger partial charge on any atom is -0.304 e. The molecule has 16 heavy (non-hydrogen) atoms. The highest BCUT2D eigenvalue weighted by Crippen LogP contribution is 2.62. The van der Waals surface area contributed by atoms with E-state index in [1.807, 2.05) is 0 Å². The van der Waals surface area contributed by atoms with Crippen molar-refractivity contribution in [1.82, 2.24) is 14.8 Å². The molecule has 1 aromatic heterocycles. The summed E-state index contributed by atoms with van der Waals surface area (Å²) in [5.41, 5.74) is 0. The van der Waals surface area contributed by atoms with Crippen LogP contribution in [-0.2, 0) is 17.1 Å². The number of sulfonamides is 1. The van der Waals surface area contributed by atoms with Crippen molar-refractivity contribution in [3.05, 3.63) is 5.82 Å². The van der Waals surface area contributed by atoms with Crippen molar-refractivity contribution >= 4 is 10.0 Å². The molecule has 7 heteroatoms. The number of rotatable bonds is 2. The van der Waals surface area contributed by atoms with Crippen LogP contribution >= 0.6 is 0 Å². The lowest BCUT2D eigenvalue weighted by Crippen LogP contribution is -2.17. The Kier molecular flexibility index (Phi) is 1.94. The van der Waals surface area contributed by atoms with Crippen LogP contribution in [-0.4, -0.2) is 23.2 Å². The third-order valence-corrected chi connectivity index (χ3v) is 4.69. The van der Waals surface area contributed by atoms with E-state index in [1.165, 1.54) is 23.8 Å². The summed E-state index contributed by atoms with van der Waals surface area (Å²) >= 11 is 0. The van der Waals surface area contributed by atoms with Gasteiger partial charge in [0.2, 0.25) is 0 Å². The monoisotopic (exact) mass is 242 g/mol. The third kappa shape index (κ3) is 1.31. The van der Waals surface area contributed by atoms with Crippen molar-refractivity contribution in [2.24, 2.45) is 24.0 Å². The molecule has 6 nitrogen and oxygen atoms in total. The van der Waals surface area contributed by atoms with Crippen molar-refractivity contribution in [2.75, 3.05) is 0 Å². The van der Waals surface area contributed by atoms with Gasteiger partial charge >= 0.3 is 0 Å². The van der Waals surface area contributed by atoms with Crippen LogP contribution in [0.2, 0.25) is 0 Å². The van der Waals surface area contributed by atoms with Crippen LogP contribution in [0.25, 0.3) is 0 Å². The highest BCUT2D eigenvalue weighted by atomic mass is 32.2. The molecule has 0 amide bonds. The Hall–Kier alpha value is -0.950. The summed E-state index contributed by atoms with van der Waals surface area (Å²) in [6.07, 6.45) is 3.74. The molecule has 0 radical (unpaired) electrons. The van der Waals surface area contributed by atoms with E-state index in [-0.39, 0.29) is 5.16 Å². The van der Waals surface area contributed by atoms with Crippen LogP contribution in [0.5, 0.6) is 0 Å². The van der Waals surface area contributed by atoms with E-state index >= 15 is 0 Å². The minimum absolute atomic E-state index is 0.132. The Morgan fingerprint density at radius 1 is 1.31 bits per heavy atom. The number of nitrogens with two attached hydrogens (primary N) is 1. The molecule has 2 N–H and O–H groups in total. The van der Waals surface area contributed by atoms with Gasteiger partial charge in [-0.25, -0.2) is 13.6 Å². The zero-order valence-corrected chi connectivity index (χ0v) is 9.81. The summed E-state index contributed by atoms with van der Waals surface area (Å²) in [4.78, 5) is 0. The second-order valence-corrected chi connectivity index (χ2v) is 6.18. The van der Waals surface area contributed by atoms with Gasteiger partial charge in [-0.05, 0) is 24.7 Å². The highest BCUT2D eigenvalue weighted by molar-refractivity contribution is 7.89. The number of fused-ring (bicyclic) bond motifs is 1. The van der Waals surface area contributed by atoms with Crippen LogP contribution in [0, 0.1) is 11.8 Å². The summed E-state index contributed by atoms with van der Waals surface area (Å²) in [6.45, 7) is 0. The van der Waals surface area contributed by atoms with E-state index in [2.05, 4.69) is 10.2 Å². The Labute approximate surface area is 93.9 Å². The van der Waals surface area contributed by atoms with E-state index in [0.717, 1.165) is 5.82 Å². The fraction of sp³-hybridized carbons (Fsp3) is 0.778. The van der Waals surface area contributed by atoms with E-state index in [1.54, 1.807) is 7.05 Å². The van der Waals surface area contributed by atoms with Gasteiger partial charge < -0.3 is 4.57 Å². The van der Waals surface area contributed by atoms with Gasteiger partial charge in [0.25, 0.3) is 15.2 Å². The summed E-state index contributed by atoms with van der Waals surface area (Å²) in [5.74, 6) is 2.56. The van der Waals surface area contributed by atoms with E-state index in [0.29, 0.717) is 17.8 Å². The van der Waals surface area contributed by atoms with Crippen LogP contribution in [0.4, 0.5) is 0 Å². The molecule has 0 saturated heterocycles. The number of nitrogens with zero attached hydrogens (tertiary/aromatic N) is 3. The highest BCUT2D eigenvalue weighted by Gasteiger charge is 2.55. The molecule has 1 heterocycles. The second kappa shape index (κ2) is 3.04. The molecular weight excluding hydrogens is 228 g/mol. The fourth-order valence-electron chi connectivity index (χ4n) is 3.07. The first-order valence-electron chi connectivity index (χ1n) is 5.42. The molecule has 0 aromatic carbocycles. The van der Waals surface area contributed by atoms with Crippen LogP contribution in [0.1, 0.15) is 31.0 Å². The van der Waals surface area contributed by atoms with E-state index in [4.69, 9.17) is 5.14 Å². The molecule has 2 aliphatic carbocycles. The lowest BCUT2D eigenvalue weighted by atomic mass is 10.1. The molecule has 88 valence electrons. The summed E-state index contributed by atoms with van der Waals surface area (Å²) in [5, 5.41) is 12.6. The van der Waals surface area contributed by atoms with Gasteiger partial charge in [0.1, 0.15) is 5.82 Å². The van der Waals surface area contributed by atoms with Crippen molar-refractivity contribution < 1.29 is 8.42 Å². The van der Waals surface area contributed by atoms with Gasteiger partial charge in [0, 0.05) is 13.0 Å². The molecule has 2 unspecified atom stereocenters. The lowest BCUT2D eigenvalue weighted by Gasteiger charge is -2.03. The van der Waals surface area contributed by atoms with Crippen LogP contribution < -0.4 is 5.14 Å². The molecular formula is C9H14N4O2S. The molecule has 2 fully saturated rings. The van der Waals surface area contributed by atoms with Gasteiger partial charge in [-0.15, -0.1) is 10.2 Å². The van der Waals surface area contributed by atoms with Gasteiger partial charge in [-0.3, -0.25) is 0 Å². The van der Waals surface area contributed by atoms with E-state index in [9.17, 15) is 8.42 Å². The smallest absolute Gasteiger partial charge is 0.273 e. The maximum Gasteiger partial charge on any atom is 0.273 e. The molecule has 0 aliphatic heterocycles. The molecule has 0 bridgehead atoms. The standard InChI is InChI=1S/C9H14N4O2S/c1-13-8(7-5-3-2-4-6(5)7)11-12-9(13)16(10,14)15/h5-7H,2-4H2,1H3,(H2,10,14,15). The van der Waals surface area contributed by atoms with Gasteiger partial charge in [0.05, 0.1) is 0 Å². The number of hydrogen-bond acceptors (Lipinski definition) is 4. The van der Waals surface area contributed by atoms with Crippen LogP contribution in [0.15, 0.2) is 5.16 Å². The van der Waals surface area contributed by atoms with Crippen molar-refractivity contribution in [1.29, 1.82) is 0 Å². The Bertz CT molecular complexity index is 526. The molecule has 1 aromatic rings. The predicted octanol–water partition coefficient (Wildman–Crippen LogP) is -0.0240. The topological polar surface area (TPSA) is 90.9 Å². The van der Waals surface area contributed by atoms with E-state index < -0.39 is 10.0 Å². The summed E-state index contributed by atoms with van der Waals surface area (Å²) < 4.78 is 23.9. The number of primary sulfonamides is 1. The zero-order valence-electron chi connectivity index (χ0n) is 9.00. The normalized spacial score (nSPS) is 32.8. The first-order chi connectivity index (χ1) is 7.50. The van der Waals surface area contributed by atoms with Gasteiger partial charge in [0.15, 0.2) is 0 Å². The van der Waals surface area contributed by atoms with Gasteiger partial charge in [-0.2, -0.15) is 0 Å². The fourth-order valence-corrected chi connectivity index (χ4v) is 3.70. The lowest BCUT2D eigenvalue weighted by molar-refractivity contribution is 0.574. The maximum absolute atomic E-state index is 11.2. The quantitative estimate of drug-likeness (QED) is 0.788. The predicted molar refractivity (Wildman–Crippen MR) is 55.9 cm³/mol. The second-order valence-electron chi connectivity index (χ2n) is 4.73. The molecule has 2 saturated carbocycles. The number of hydrogen-bond donors (Lipinski definition) is 1. The Morgan fingerprint density at radius 3 is 2.44 bits per heavy atom. The Balaban J connectivity index is 1.96. The first-order valence-corrected chi connectivity index (χ1v) is 6.97. The SMILES string of the molecule is Cn1c(C2C3CCCC32)nnc1S(N)(=O)=O. The molecule has 2 aliphatic rings. The molecule has 2 atom stereocenters. The van der Waals surface area contributed by atoms with Crippen molar-refractivity contribution in [2.45, 2.75) is 30.3 Å². The average molecular weight is 242 g/mol. The Morgan fingerprint density at radius 2 is 1.94 bits per heavy atom. The van der Waals surface area contributed by atoms with Crippen molar-refractivity contribution in [3.63, 3.8) is 0 Å². The minimum atomic E-state index is -3.75. The summed E-state index contributed by atoms with van der Waals surface area (Å²) in [7, 11) is -2.08. The van der Waals surface area contributed by atoms with Crippen LogP contribution in [0.3, 0.4) is 0 Å². The largest absolute Gasteiger partial charge is 0.304 e. The third-order valence-electron chi connectivity index (χ3n) is 3.83. The molecule has 3 rings (SSSR count). The summed E-state index contributed by atoms with van der Waals surface area (Å²) in [6, 6.07) is 0. The zero-order chi connectivity index (χ0) is 11.5. The number of aromatic nitrogens is 3. The maximum atomic E-state index is 11.2.